The summed E-state index contributed by atoms with van der Waals surface area (Å²) in [6.07, 6.45) is 0. The zero-order valence-corrected chi connectivity index (χ0v) is 13.8. The molecule has 5 nitrogen and oxygen atoms in total. The quantitative estimate of drug-likeness (QED) is 0.892. The van der Waals surface area contributed by atoms with Crippen LogP contribution >= 0.6 is 0 Å². The van der Waals surface area contributed by atoms with E-state index in [1.807, 2.05) is 0 Å². The van der Waals surface area contributed by atoms with Crippen molar-refractivity contribution in [3.05, 3.63) is 29.3 Å². The van der Waals surface area contributed by atoms with Gasteiger partial charge < -0.3 is 5.32 Å². The molecule has 0 heterocycles. The lowest BCUT2D eigenvalue weighted by atomic mass is 10.0. The van der Waals surface area contributed by atoms with E-state index in [1.54, 1.807) is 19.1 Å². The van der Waals surface area contributed by atoms with Gasteiger partial charge in [0, 0.05) is 11.6 Å². The van der Waals surface area contributed by atoms with Gasteiger partial charge in [0.1, 0.15) is 0 Å². The van der Waals surface area contributed by atoms with Crippen molar-refractivity contribution in [1.82, 2.24) is 5.32 Å². The summed E-state index contributed by atoms with van der Waals surface area (Å²) >= 11 is 0. The van der Waals surface area contributed by atoms with E-state index in [9.17, 15) is 13.2 Å². The Morgan fingerprint density at radius 1 is 1.19 bits per heavy atom. The van der Waals surface area contributed by atoms with E-state index in [0.717, 1.165) is 0 Å². The van der Waals surface area contributed by atoms with Crippen LogP contribution in [-0.2, 0) is 10.0 Å². The number of sulfonamides is 1. The fourth-order valence-electron chi connectivity index (χ4n) is 2.82. The third-order valence-electron chi connectivity index (χ3n) is 5.05. The average molecular weight is 310 g/mol. The summed E-state index contributed by atoms with van der Waals surface area (Å²) < 4.78 is 23.0. The number of nitrogens with one attached hydrogen (secondary N) is 1. The summed E-state index contributed by atoms with van der Waals surface area (Å²) in [5, 5.41) is 8.14. The minimum atomic E-state index is -3.83. The molecule has 21 heavy (non-hydrogen) atoms. The second kappa shape index (κ2) is 4.55. The molecular formula is C15H22N2O3S. The summed E-state index contributed by atoms with van der Waals surface area (Å²) in [5.74, 6) is -0.274. The van der Waals surface area contributed by atoms with E-state index in [-0.39, 0.29) is 27.7 Å². The van der Waals surface area contributed by atoms with Crippen LogP contribution in [0.1, 0.15) is 43.6 Å². The molecule has 0 radical (unpaired) electrons. The van der Waals surface area contributed by atoms with Crippen LogP contribution in [0.4, 0.5) is 0 Å². The van der Waals surface area contributed by atoms with E-state index in [1.165, 1.54) is 6.07 Å². The Morgan fingerprint density at radius 3 is 2.14 bits per heavy atom. The second-order valence-corrected chi connectivity index (χ2v) is 8.40. The Bertz CT molecular complexity index is 692. The van der Waals surface area contributed by atoms with Crippen LogP contribution in [0.25, 0.3) is 0 Å². The summed E-state index contributed by atoms with van der Waals surface area (Å²) in [6.45, 7) is 10.0. The van der Waals surface area contributed by atoms with Crippen molar-refractivity contribution in [3.63, 3.8) is 0 Å². The normalized spacial score (nSPS) is 20.1. The molecule has 1 aromatic rings. The highest BCUT2D eigenvalue weighted by Gasteiger charge is 2.65. The second-order valence-electron chi connectivity index (χ2n) is 6.88. The van der Waals surface area contributed by atoms with Crippen molar-refractivity contribution in [2.75, 3.05) is 0 Å². The smallest absolute Gasteiger partial charge is 0.251 e. The van der Waals surface area contributed by atoms with Crippen molar-refractivity contribution in [1.29, 1.82) is 0 Å². The molecule has 1 amide bonds. The molecule has 1 aliphatic carbocycles. The number of carbonyl (C=O) groups excluding carboxylic acids is 1. The Hall–Kier alpha value is -1.40. The number of primary sulfonamides is 1. The number of aryl methyl sites for hydroxylation is 1. The number of benzene rings is 1. The zero-order chi connectivity index (χ0) is 16.2. The molecule has 1 aromatic carbocycles. The molecule has 3 N–H and O–H groups in total. The van der Waals surface area contributed by atoms with Gasteiger partial charge in [0.05, 0.1) is 4.90 Å². The maximum absolute atomic E-state index is 12.3. The Kier molecular flexibility index (Phi) is 3.46. The molecule has 1 aliphatic rings. The van der Waals surface area contributed by atoms with E-state index in [0.29, 0.717) is 11.1 Å². The van der Waals surface area contributed by atoms with Crippen LogP contribution in [0.3, 0.4) is 0 Å². The minimum Gasteiger partial charge on any atom is -0.348 e. The monoisotopic (exact) mass is 310 g/mol. The third kappa shape index (κ3) is 2.58. The molecule has 1 fully saturated rings. The van der Waals surface area contributed by atoms with Crippen molar-refractivity contribution in [2.45, 2.75) is 45.6 Å². The molecular weight excluding hydrogens is 288 g/mol. The number of nitrogens with two attached hydrogens (primary N) is 1. The lowest BCUT2D eigenvalue weighted by Crippen LogP contribution is -2.30. The highest BCUT2D eigenvalue weighted by atomic mass is 32.2. The Labute approximate surface area is 126 Å². The zero-order valence-electron chi connectivity index (χ0n) is 13.0. The average Bonchev–Trinajstić information content (AvgIpc) is 2.70. The van der Waals surface area contributed by atoms with Crippen LogP contribution in [0.5, 0.6) is 0 Å². The van der Waals surface area contributed by atoms with Crippen LogP contribution < -0.4 is 10.5 Å². The molecule has 6 heteroatoms. The van der Waals surface area contributed by atoms with E-state index < -0.39 is 10.0 Å². The minimum absolute atomic E-state index is 0.00975. The summed E-state index contributed by atoms with van der Waals surface area (Å²) in [7, 11) is -3.83. The number of amides is 1. The molecule has 0 spiro atoms. The van der Waals surface area contributed by atoms with Gasteiger partial charge in [-0.2, -0.15) is 0 Å². The molecule has 0 saturated heterocycles. The van der Waals surface area contributed by atoms with Crippen molar-refractivity contribution < 1.29 is 13.2 Å². The molecule has 1 saturated carbocycles. The van der Waals surface area contributed by atoms with E-state index in [4.69, 9.17) is 5.14 Å². The van der Waals surface area contributed by atoms with Gasteiger partial charge in [0.2, 0.25) is 10.0 Å². The molecule has 0 unspecified atom stereocenters. The van der Waals surface area contributed by atoms with Gasteiger partial charge >= 0.3 is 0 Å². The largest absolute Gasteiger partial charge is 0.348 e. The summed E-state index contributed by atoms with van der Waals surface area (Å²) in [6, 6.07) is 4.61. The molecule has 0 atom stereocenters. The first-order valence-corrected chi connectivity index (χ1v) is 8.38. The number of rotatable bonds is 3. The van der Waals surface area contributed by atoms with Crippen molar-refractivity contribution in [2.24, 2.45) is 16.0 Å². The third-order valence-corrected chi connectivity index (χ3v) is 6.11. The molecule has 116 valence electrons. The number of carbonyl (C=O) groups is 1. The fourth-order valence-corrected chi connectivity index (χ4v) is 3.63. The van der Waals surface area contributed by atoms with E-state index >= 15 is 0 Å². The summed E-state index contributed by atoms with van der Waals surface area (Å²) in [4.78, 5) is 12.3. The fraction of sp³-hybridized carbons (Fsp3) is 0.533. The van der Waals surface area contributed by atoms with Gasteiger partial charge in [0.25, 0.3) is 5.91 Å². The highest BCUT2D eigenvalue weighted by Crippen LogP contribution is 2.62. The lowest BCUT2D eigenvalue weighted by Gasteiger charge is -2.09. The van der Waals surface area contributed by atoms with Gasteiger partial charge in [-0.25, -0.2) is 13.6 Å². The van der Waals surface area contributed by atoms with Gasteiger partial charge in [-0.15, -0.1) is 0 Å². The first-order chi connectivity index (χ1) is 9.39. The van der Waals surface area contributed by atoms with Gasteiger partial charge in [-0.3, -0.25) is 4.79 Å². The van der Waals surface area contributed by atoms with Gasteiger partial charge in [-0.05, 0) is 35.4 Å². The molecule has 0 bridgehead atoms. The van der Waals surface area contributed by atoms with Gasteiger partial charge in [-0.1, -0.05) is 33.8 Å². The Balaban J connectivity index is 2.26. The number of hydrogen-bond donors (Lipinski definition) is 2. The molecule has 0 aromatic heterocycles. The first kappa shape index (κ1) is 16.0. The predicted octanol–water partition coefficient (Wildman–Crippen LogP) is 1.81. The highest BCUT2D eigenvalue weighted by molar-refractivity contribution is 7.89. The maximum atomic E-state index is 12.3. The topological polar surface area (TPSA) is 89.3 Å². The molecule has 2 rings (SSSR count). The lowest BCUT2D eigenvalue weighted by molar-refractivity contribution is 0.0943. The maximum Gasteiger partial charge on any atom is 0.251 e. The van der Waals surface area contributed by atoms with Gasteiger partial charge in [0.15, 0.2) is 0 Å². The molecule has 0 aliphatic heterocycles. The SMILES string of the molecule is Cc1ccc(C(=O)NC2C(C)(C)C2(C)C)cc1S(N)(=O)=O. The predicted molar refractivity (Wildman–Crippen MR) is 81.4 cm³/mol. The van der Waals surface area contributed by atoms with Crippen LogP contribution in [0.2, 0.25) is 0 Å². The van der Waals surface area contributed by atoms with Crippen LogP contribution in [-0.4, -0.2) is 20.4 Å². The number of hydrogen-bond acceptors (Lipinski definition) is 3. The standard InChI is InChI=1S/C15H22N2O3S/c1-9-6-7-10(8-11(9)21(16,19)20)12(18)17-13-14(2,3)15(13,4)5/h6-8,13H,1-5H3,(H,17,18)(H2,16,19,20). The van der Waals surface area contributed by atoms with Crippen molar-refractivity contribution >= 4 is 15.9 Å². The van der Waals surface area contributed by atoms with Crippen molar-refractivity contribution in [3.8, 4) is 0 Å². The first-order valence-electron chi connectivity index (χ1n) is 6.83. The summed E-state index contributed by atoms with van der Waals surface area (Å²) in [5.41, 5.74) is 0.885. The van der Waals surface area contributed by atoms with E-state index in [2.05, 4.69) is 33.0 Å². The Morgan fingerprint density at radius 2 is 1.71 bits per heavy atom. The van der Waals surface area contributed by atoms with Crippen LogP contribution in [0, 0.1) is 17.8 Å². The van der Waals surface area contributed by atoms with Crippen LogP contribution in [0.15, 0.2) is 23.1 Å².